The molecule has 122 valence electrons. The SMILES string of the molecule is Cl/C(c1ccccc1)=[N+]1/[C@@H]2C[C@H]3CC[C@@H]2[C@H]3[C@]1(Cl)c1ccccc1. The number of hydrogen-bond acceptors (Lipinski definition) is 0. The van der Waals surface area contributed by atoms with Crippen LogP contribution >= 0.6 is 23.2 Å². The van der Waals surface area contributed by atoms with Crippen molar-refractivity contribution in [1.82, 2.24) is 0 Å². The van der Waals surface area contributed by atoms with Crippen LogP contribution in [0.5, 0.6) is 0 Å². The molecule has 0 spiro atoms. The molecule has 5 atom stereocenters. The van der Waals surface area contributed by atoms with E-state index >= 15 is 0 Å². The number of hydrogen-bond donors (Lipinski definition) is 0. The zero-order valence-electron chi connectivity index (χ0n) is 13.4. The van der Waals surface area contributed by atoms with Crippen molar-refractivity contribution in [3.8, 4) is 0 Å². The van der Waals surface area contributed by atoms with Gasteiger partial charge in [0.1, 0.15) is 0 Å². The third kappa shape index (κ3) is 1.86. The average molecular weight is 357 g/mol. The number of benzene rings is 2. The molecular formula is C21H20Cl2N+. The monoisotopic (exact) mass is 356 g/mol. The molecule has 2 aromatic rings. The van der Waals surface area contributed by atoms with Gasteiger partial charge in [0.2, 0.25) is 0 Å². The summed E-state index contributed by atoms with van der Waals surface area (Å²) in [5.41, 5.74) is 2.24. The van der Waals surface area contributed by atoms with Gasteiger partial charge in [-0.2, -0.15) is 4.58 Å². The molecule has 0 unspecified atom stereocenters. The van der Waals surface area contributed by atoms with Crippen molar-refractivity contribution in [2.24, 2.45) is 17.8 Å². The second-order valence-corrected chi connectivity index (χ2v) is 8.33. The summed E-state index contributed by atoms with van der Waals surface area (Å²) in [6.07, 6.45) is 3.85. The van der Waals surface area contributed by atoms with E-state index in [0.29, 0.717) is 17.9 Å². The minimum absolute atomic E-state index is 0.471. The number of piperidine rings is 1. The van der Waals surface area contributed by atoms with Gasteiger partial charge in [-0.3, -0.25) is 0 Å². The van der Waals surface area contributed by atoms with Crippen molar-refractivity contribution >= 4 is 28.4 Å². The molecule has 24 heavy (non-hydrogen) atoms. The fraction of sp³-hybridized carbons (Fsp3) is 0.381. The van der Waals surface area contributed by atoms with Crippen LogP contribution < -0.4 is 0 Å². The van der Waals surface area contributed by atoms with E-state index in [1.54, 1.807) is 0 Å². The standard InChI is InChI=1S/C21H20Cl2N/c22-20(14-7-3-1-4-8-14)24-18-13-15-11-12-17(18)19(15)21(24,23)16-9-5-2-6-10-16/h1-10,15,17-19H,11-13H2/q+1/b24-20-/t15-,17+,18-,19+,21+/m1/s1. The largest absolute Gasteiger partial charge is 0.278 e. The van der Waals surface area contributed by atoms with Crippen molar-refractivity contribution < 1.29 is 4.58 Å². The van der Waals surface area contributed by atoms with Crippen molar-refractivity contribution in [1.29, 1.82) is 0 Å². The minimum Gasteiger partial charge on any atom is -0.192 e. The maximum absolute atomic E-state index is 7.45. The van der Waals surface area contributed by atoms with Crippen LogP contribution in [0.3, 0.4) is 0 Å². The van der Waals surface area contributed by atoms with Gasteiger partial charge in [0.05, 0.1) is 11.5 Å². The number of nitrogens with zero attached hydrogens (tertiary/aromatic N) is 1. The van der Waals surface area contributed by atoms with E-state index in [1.165, 1.54) is 24.8 Å². The van der Waals surface area contributed by atoms with Crippen LogP contribution in [0.1, 0.15) is 30.4 Å². The Morgan fingerprint density at radius 1 is 0.958 bits per heavy atom. The summed E-state index contributed by atoms with van der Waals surface area (Å²) in [5.74, 6) is 1.92. The average Bonchev–Trinajstić information content (AvgIpc) is 3.29. The van der Waals surface area contributed by atoms with Crippen LogP contribution in [0.25, 0.3) is 0 Å². The molecule has 1 heterocycles. The molecule has 1 saturated heterocycles. The van der Waals surface area contributed by atoms with Crippen molar-refractivity contribution in [2.45, 2.75) is 30.3 Å². The molecule has 4 bridgehead atoms. The summed E-state index contributed by atoms with van der Waals surface area (Å²) in [5, 5.41) is 0.798. The highest BCUT2D eigenvalue weighted by Crippen LogP contribution is 2.66. The lowest BCUT2D eigenvalue weighted by molar-refractivity contribution is -0.618. The van der Waals surface area contributed by atoms with E-state index in [4.69, 9.17) is 23.2 Å². The number of rotatable bonds is 2. The van der Waals surface area contributed by atoms with Crippen LogP contribution in [-0.2, 0) is 5.00 Å². The summed E-state index contributed by atoms with van der Waals surface area (Å²) in [6.45, 7) is 0. The first kappa shape index (κ1) is 15.0. The van der Waals surface area contributed by atoms with E-state index in [9.17, 15) is 0 Å². The lowest BCUT2D eigenvalue weighted by Gasteiger charge is -2.33. The van der Waals surface area contributed by atoms with Gasteiger partial charge < -0.3 is 0 Å². The predicted molar refractivity (Wildman–Crippen MR) is 98.7 cm³/mol. The second kappa shape index (κ2) is 5.34. The molecule has 0 radical (unpaired) electrons. The van der Waals surface area contributed by atoms with Crippen LogP contribution in [-0.4, -0.2) is 15.8 Å². The Morgan fingerprint density at radius 2 is 1.62 bits per heavy atom. The molecule has 1 nitrogen and oxygen atoms in total. The fourth-order valence-corrected chi connectivity index (χ4v) is 6.70. The summed E-state index contributed by atoms with van der Waals surface area (Å²) in [6, 6.07) is 21.3. The molecule has 2 aliphatic carbocycles. The molecule has 3 fully saturated rings. The molecule has 0 amide bonds. The highest BCUT2D eigenvalue weighted by Gasteiger charge is 2.73. The molecule has 0 aromatic heterocycles. The van der Waals surface area contributed by atoms with Crippen molar-refractivity contribution in [2.75, 3.05) is 0 Å². The number of alkyl halides is 1. The van der Waals surface area contributed by atoms with Gasteiger partial charge in [0, 0.05) is 17.9 Å². The highest BCUT2D eigenvalue weighted by atomic mass is 35.5. The van der Waals surface area contributed by atoms with Gasteiger partial charge in [-0.05, 0) is 54.1 Å². The maximum atomic E-state index is 7.45. The quantitative estimate of drug-likeness (QED) is 0.395. The Labute approximate surface area is 152 Å². The Kier molecular flexibility index (Phi) is 3.34. The molecule has 1 aliphatic heterocycles. The normalized spacial score (nSPS) is 38.6. The van der Waals surface area contributed by atoms with E-state index in [-0.39, 0.29) is 0 Å². The molecule has 5 rings (SSSR count). The molecule has 2 saturated carbocycles. The van der Waals surface area contributed by atoms with Gasteiger partial charge in [-0.1, -0.05) is 48.5 Å². The molecule has 2 aromatic carbocycles. The lowest BCUT2D eigenvalue weighted by Crippen LogP contribution is -2.45. The molecule has 3 aliphatic rings. The van der Waals surface area contributed by atoms with Gasteiger partial charge >= 0.3 is 0 Å². The summed E-state index contributed by atoms with van der Waals surface area (Å²) in [7, 11) is 0. The first-order valence-electron chi connectivity index (χ1n) is 8.83. The van der Waals surface area contributed by atoms with Crippen molar-refractivity contribution in [3.05, 3.63) is 71.8 Å². The maximum Gasteiger partial charge on any atom is 0.278 e. The molecule has 3 heteroatoms. The summed E-state index contributed by atoms with van der Waals surface area (Å²) in [4.78, 5) is -0.511. The van der Waals surface area contributed by atoms with Gasteiger partial charge in [-0.15, -0.1) is 0 Å². The van der Waals surface area contributed by atoms with Crippen LogP contribution in [0.15, 0.2) is 60.7 Å². The third-order valence-electron chi connectivity index (χ3n) is 6.40. The Balaban J connectivity index is 1.74. The predicted octanol–water partition coefficient (Wildman–Crippen LogP) is 5.20. The van der Waals surface area contributed by atoms with E-state index in [1.807, 2.05) is 18.2 Å². The minimum atomic E-state index is -0.511. The summed E-state index contributed by atoms with van der Waals surface area (Å²) >= 11 is 14.4. The van der Waals surface area contributed by atoms with Crippen LogP contribution in [0.4, 0.5) is 0 Å². The third-order valence-corrected chi connectivity index (χ3v) is 7.46. The number of halogens is 2. The van der Waals surface area contributed by atoms with Gasteiger partial charge in [0.25, 0.3) is 10.2 Å². The Hall–Kier alpha value is -1.31. The second-order valence-electron chi connectivity index (χ2n) is 7.40. The van der Waals surface area contributed by atoms with Gasteiger partial charge in [-0.25, -0.2) is 0 Å². The summed E-state index contributed by atoms with van der Waals surface area (Å²) < 4.78 is 2.34. The van der Waals surface area contributed by atoms with Gasteiger partial charge in [0.15, 0.2) is 6.04 Å². The fourth-order valence-electron chi connectivity index (χ4n) is 5.60. The topological polar surface area (TPSA) is 3.01 Å². The zero-order valence-corrected chi connectivity index (χ0v) is 14.9. The van der Waals surface area contributed by atoms with Crippen LogP contribution in [0.2, 0.25) is 0 Å². The first-order valence-corrected chi connectivity index (χ1v) is 9.58. The lowest BCUT2D eigenvalue weighted by atomic mass is 9.85. The Bertz CT molecular complexity index is 801. The van der Waals surface area contributed by atoms with Crippen molar-refractivity contribution in [3.63, 3.8) is 0 Å². The van der Waals surface area contributed by atoms with Crippen LogP contribution in [0, 0.1) is 17.8 Å². The van der Waals surface area contributed by atoms with E-state index in [2.05, 4.69) is 47.0 Å². The highest BCUT2D eigenvalue weighted by molar-refractivity contribution is 6.68. The molecule has 0 N–H and O–H groups in total. The van der Waals surface area contributed by atoms with E-state index in [0.717, 1.165) is 16.7 Å². The zero-order chi connectivity index (χ0) is 16.3. The smallest absolute Gasteiger partial charge is 0.192 e. The van der Waals surface area contributed by atoms with E-state index < -0.39 is 5.00 Å². The Morgan fingerprint density at radius 3 is 2.33 bits per heavy atom. The molecular weight excluding hydrogens is 337 g/mol. The first-order chi connectivity index (χ1) is 11.7.